The van der Waals surface area contributed by atoms with Gasteiger partial charge in [0.2, 0.25) is 0 Å². The lowest BCUT2D eigenvalue weighted by Crippen LogP contribution is -2.23. The lowest BCUT2D eigenvalue weighted by Gasteiger charge is -2.04. The summed E-state index contributed by atoms with van der Waals surface area (Å²) in [6, 6.07) is 13.1. The molecule has 2 aromatic carbocycles. The number of rotatable bonds is 4. The zero-order valence-electron chi connectivity index (χ0n) is 12.3. The Bertz CT molecular complexity index is 895. The lowest BCUT2D eigenvalue weighted by atomic mass is 10.1. The third-order valence-electron chi connectivity index (χ3n) is 3.38. The number of hydrogen-bond acceptors (Lipinski definition) is 2. The highest BCUT2D eigenvalue weighted by Gasteiger charge is 2.11. The van der Waals surface area contributed by atoms with Crippen LogP contribution in [-0.4, -0.2) is 16.1 Å². The van der Waals surface area contributed by atoms with Crippen molar-refractivity contribution in [2.75, 3.05) is 0 Å². The molecule has 0 fully saturated rings. The summed E-state index contributed by atoms with van der Waals surface area (Å²) in [5, 5.41) is 10.1. The molecule has 0 spiro atoms. The van der Waals surface area contributed by atoms with E-state index in [9.17, 15) is 9.18 Å². The van der Waals surface area contributed by atoms with Gasteiger partial charge < -0.3 is 5.32 Å². The van der Waals surface area contributed by atoms with E-state index in [2.05, 4.69) is 15.5 Å². The molecule has 1 heterocycles. The van der Waals surface area contributed by atoms with E-state index in [1.807, 2.05) is 12.1 Å². The van der Waals surface area contributed by atoms with Crippen LogP contribution in [0.3, 0.4) is 0 Å². The monoisotopic (exact) mass is 363 g/mol. The minimum absolute atomic E-state index is 0.0199. The highest BCUT2D eigenvalue weighted by atomic mass is 35.5. The summed E-state index contributed by atoms with van der Waals surface area (Å²) in [5.74, 6) is -0.817. The Morgan fingerprint density at radius 2 is 2.00 bits per heavy atom. The normalized spacial score (nSPS) is 10.6. The maximum Gasteiger partial charge on any atom is 0.269 e. The van der Waals surface area contributed by atoms with Crippen LogP contribution in [0.4, 0.5) is 4.39 Å². The third kappa shape index (κ3) is 3.75. The highest BCUT2D eigenvalue weighted by Crippen LogP contribution is 2.21. The maximum atomic E-state index is 13.1. The lowest BCUT2D eigenvalue weighted by molar-refractivity contribution is 0.0946. The fourth-order valence-corrected chi connectivity index (χ4v) is 2.55. The number of halogens is 3. The van der Waals surface area contributed by atoms with Gasteiger partial charge in [-0.2, -0.15) is 5.10 Å². The molecule has 0 saturated heterocycles. The van der Waals surface area contributed by atoms with Gasteiger partial charge in [0, 0.05) is 17.1 Å². The molecule has 0 unspecified atom stereocenters. The Morgan fingerprint density at radius 1 is 1.17 bits per heavy atom. The molecule has 3 aromatic rings. The molecule has 0 saturated carbocycles. The van der Waals surface area contributed by atoms with Crippen molar-refractivity contribution in [1.29, 1.82) is 0 Å². The SMILES string of the molecule is O=C(NCc1ccc(F)c(Cl)c1)c1cc(-c2cccc(Cl)c2)n[nH]1. The standard InChI is InChI=1S/C17H12Cl2FN3O/c18-12-3-1-2-11(7-12)15-8-16(23-22-15)17(24)21-9-10-4-5-14(20)13(19)6-10/h1-8H,9H2,(H,21,24)(H,22,23). The second-order valence-electron chi connectivity index (χ2n) is 5.11. The third-order valence-corrected chi connectivity index (χ3v) is 3.90. The van der Waals surface area contributed by atoms with Crippen LogP contribution in [0.5, 0.6) is 0 Å². The van der Waals surface area contributed by atoms with Crippen LogP contribution >= 0.6 is 23.2 Å². The summed E-state index contributed by atoms with van der Waals surface area (Å²) in [6.07, 6.45) is 0. The van der Waals surface area contributed by atoms with Crippen LogP contribution in [-0.2, 0) is 6.54 Å². The number of benzene rings is 2. The first-order valence-corrected chi connectivity index (χ1v) is 7.82. The molecule has 1 amide bonds. The number of nitrogens with zero attached hydrogens (tertiary/aromatic N) is 1. The fourth-order valence-electron chi connectivity index (χ4n) is 2.16. The first-order chi connectivity index (χ1) is 11.5. The van der Waals surface area contributed by atoms with Crippen LogP contribution in [0.15, 0.2) is 48.5 Å². The van der Waals surface area contributed by atoms with Gasteiger partial charge in [0.25, 0.3) is 5.91 Å². The van der Waals surface area contributed by atoms with Crippen LogP contribution in [0.2, 0.25) is 10.0 Å². The van der Waals surface area contributed by atoms with Crippen molar-refractivity contribution in [3.05, 3.63) is 75.7 Å². The van der Waals surface area contributed by atoms with E-state index in [0.29, 0.717) is 22.0 Å². The van der Waals surface area contributed by atoms with Crippen LogP contribution in [0.1, 0.15) is 16.1 Å². The average Bonchev–Trinajstić information content (AvgIpc) is 3.06. The average molecular weight is 364 g/mol. The van der Waals surface area contributed by atoms with Gasteiger partial charge in [0.05, 0.1) is 10.7 Å². The summed E-state index contributed by atoms with van der Waals surface area (Å²) in [5.41, 5.74) is 2.44. The zero-order chi connectivity index (χ0) is 17.1. The van der Waals surface area contributed by atoms with Crippen LogP contribution in [0, 0.1) is 5.82 Å². The van der Waals surface area contributed by atoms with E-state index in [4.69, 9.17) is 23.2 Å². The Hall–Kier alpha value is -2.37. The Labute approximate surface area is 147 Å². The predicted octanol–water partition coefficient (Wildman–Crippen LogP) is 4.45. The van der Waals surface area contributed by atoms with Crippen molar-refractivity contribution in [3.8, 4) is 11.3 Å². The van der Waals surface area contributed by atoms with Gasteiger partial charge in [-0.3, -0.25) is 9.89 Å². The van der Waals surface area contributed by atoms with Crippen molar-refractivity contribution in [2.24, 2.45) is 0 Å². The van der Waals surface area contributed by atoms with E-state index in [-0.39, 0.29) is 17.5 Å². The number of nitrogens with one attached hydrogen (secondary N) is 2. The van der Waals surface area contributed by atoms with Crippen LogP contribution < -0.4 is 5.32 Å². The van der Waals surface area contributed by atoms with Crippen LogP contribution in [0.25, 0.3) is 11.3 Å². The molecule has 0 aliphatic rings. The van der Waals surface area contributed by atoms with Gasteiger partial charge >= 0.3 is 0 Å². The van der Waals surface area contributed by atoms with E-state index in [0.717, 1.165) is 5.56 Å². The maximum absolute atomic E-state index is 13.1. The van der Waals surface area contributed by atoms with Crippen molar-refractivity contribution < 1.29 is 9.18 Å². The van der Waals surface area contributed by atoms with Gasteiger partial charge in [-0.25, -0.2) is 4.39 Å². The molecule has 0 atom stereocenters. The molecule has 24 heavy (non-hydrogen) atoms. The molecule has 0 aliphatic heterocycles. The first-order valence-electron chi connectivity index (χ1n) is 7.06. The molecule has 1 aromatic heterocycles. The fraction of sp³-hybridized carbons (Fsp3) is 0.0588. The van der Waals surface area contributed by atoms with Crippen molar-refractivity contribution >= 4 is 29.1 Å². The predicted molar refractivity (Wildman–Crippen MR) is 91.6 cm³/mol. The number of aromatic amines is 1. The quantitative estimate of drug-likeness (QED) is 0.719. The molecule has 122 valence electrons. The van der Waals surface area contributed by atoms with Crippen molar-refractivity contribution in [3.63, 3.8) is 0 Å². The topological polar surface area (TPSA) is 57.8 Å². The number of carbonyl (C=O) groups excluding carboxylic acids is 1. The summed E-state index contributed by atoms with van der Waals surface area (Å²) in [6.45, 7) is 0.227. The molecular weight excluding hydrogens is 352 g/mol. The van der Waals surface area contributed by atoms with Gasteiger partial charge in [-0.1, -0.05) is 41.4 Å². The molecule has 0 bridgehead atoms. The Morgan fingerprint density at radius 3 is 2.75 bits per heavy atom. The number of carbonyl (C=O) groups is 1. The highest BCUT2D eigenvalue weighted by molar-refractivity contribution is 6.31. The molecule has 7 heteroatoms. The Balaban J connectivity index is 1.68. The molecule has 4 nitrogen and oxygen atoms in total. The smallest absolute Gasteiger partial charge is 0.269 e. The van der Waals surface area contributed by atoms with E-state index < -0.39 is 5.82 Å². The first kappa shape index (κ1) is 16.5. The zero-order valence-corrected chi connectivity index (χ0v) is 13.8. The second kappa shape index (κ2) is 7.03. The number of H-pyrrole nitrogens is 1. The molecular formula is C17H12Cl2FN3O. The summed E-state index contributed by atoms with van der Waals surface area (Å²) < 4.78 is 13.1. The number of hydrogen-bond donors (Lipinski definition) is 2. The van der Waals surface area contributed by atoms with Gasteiger partial charge in [0.15, 0.2) is 0 Å². The van der Waals surface area contributed by atoms with E-state index in [1.165, 1.54) is 12.1 Å². The summed E-state index contributed by atoms with van der Waals surface area (Å²) in [4.78, 5) is 12.2. The Kier molecular flexibility index (Phi) is 4.83. The van der Waals surface area contributed by atoms with E-state index >= 15 is 0 Å². The molecule has 2 N–H and O–H groups in total. The van der Waals surface area contributed by atoms with Crippen molar-refractivity contribution in [2.45, 2.75) is 6.54 Å². The number of amides is 1. The van der Waals surface area contributed by atoms with Gasteiger partial charge in [0.1, 0.15) is 11.5 Å². The van der Waals surface area contributed by atoms with Gasteiger partial charge in [-0.15, -0.1) is 0 Å². The van der Waals surface area contributed by atoms with E-state index in [1.54, 1.807) is 24.3 Å². The second-order valence-corrected chi connectivity index (χ2v) is 5.95. The minimum atomic E-state index is -0.494. The molecule has 3 rings (SSSR count). The summed E-state index contributed by atoms with van der Waals surface area (Å²) in [7, 11) is 0. The minimum Gasteiger partial charge on any atom is -0.347 e. The molecule has 0 radical (unpaired) electrons. The number of aromatic nitrogens is 2. The van der Waals surface area contributed by atoms with Gasteiger partial charge in [-0.05, 0) is 35.9 Å². The summed E-state index contributed by atoms with van der Waals surface area (Å²) >= 11 is 11.7. The largest absolute Gasteiger partial charge is 0.347 e. The molecule has 0 aliphatic carbocycles. The van der Waals surface area contributed by atoms with Crippen molar-refractivity contribution in [1.82, 2.24) is 15.5 Å².